The molecule has 0 saturated carbocycles. The Hall–Kier alpha value is -2.44. The highest BCUT2D eigenvalue weighted by Gasteiger charge is 2.27. The number of rotatable bonds is 5. The largest absolute Gasteiger partial charge is 0.510 e. The van der Waals surface area contributed by atoms with Crippen molar-refractivity contribution in [2.75, 3.05) is 0 Å². The summed E-state index contributed by atoms with van der Waals surface area (Å²) in [6.45, 7) is 5.35. The molecule has 0 aliphatic heterocycles. The van der Waals surface area contributed by atoms with E-state index >= 15 is 0 Å². The molecule has 0 heterocycles. The fraction of sp³-hybridized carbons (Fsp3) is 0.214. The highest BCUT2D eigenvalue weighted by molar-refractivity contribution is 5.93. The molecule has 7 heteroatoms. The molecule has 0 fully saturated rings. The van der Waals surface area contributed by atoms with Crippen molar-refractivity contribution in [2.24, 2.45) is 10.2 Å². The molecule has 1 rings (SSSR count). The van der Waals surface area contributed by atoms with Crippen molar-refractivity contribution in [3.05, 3.63) is 53.7 Å². The molecular weight excluding hydrogens is 285 g/mol. The minimum atomic E-state index is -3.36. The lowest BCUT2D eigenvalue weighted by molar-refractivity contribution is -0.113. The van der Waals surface area contributed by atoms with Crippen LogP contribution < -0.4 is 0 Å². The van der Waals surface area contributed by atoms with Gasteiger partial charge in [-0.05, 0) is 25.1 Å². The summed E-state index contributed by atoms with van der Waals surface area (Å²) in [4.78, 5) is 11.1. The quantitative estimate of drug-likeness (QED) is 0.375. The van der Waals surface area contributed by atoms with Crippen LogP contribution >= 0.6 is 0 Å². The third-order valence-electron chi connectivity index (χ3n) is 2.52. The maximum Gasteiger partial charge on any atom is 0.291 e. The predicted octanol–water partition coefficient (Wildman–Crippen LogP) is 4.57. The fourth-order valence-electron chi connectivity index (χ4n) is 1.41. The summed E-state index contributed by atoms with van der Waals surface area (Å²) in [5.41, 5.74) is -1.25. The van der Waals surface area contributed by atoms with Crippen LogP contribution in [0.2, 0.25) is 0 Å². The van der Waals surface area contributed by atoms with Crippen LogP contribution in [-0.4, -0.2) is 10.9 Å². The van der Waals surface area contributed by atoms with Gasteiger partial charge in [0, 0.05) is 12.5 Å². The Balaban J connectivity index is 3.16. The Labute approximate surface area is 119 Å². The van der Waals surface area contributed by atoms with Crippen molar-refractivity contribution in [3.8, 4) is 0 Å². The van der Waals surface area contributed by atoms with E-state index < -0.39 is 23.1 Å². The summed E-state index contributed by atoms with van der Waals surface area (Å²) >= 11 is 0. The lowest BCUT2D eigenvalue weighted by Crippen LogP contribution is -2.08. The number of alkyl halides is 2. The van der Waals surface area contributed by atoms with Gasteiger partial charge in [-0.2, -0.15) is 8.78 Å². The molecule has 0 radical (unpaired) electrons. The molecule has 0 aromatic heterocycles. The van der Waals surface area contributed by atoms with Gasteiger partial charge in [0.1, 0.15) is 11.4 Å². The second-order valence-electron chi connectivity index (χ2n) is 4.18. The second-order valence-corrected chi connectivity index (χ2v) is 4.18. The SMILES string of the molecule is C=CC(F)(F)c1ccc(N=NC(C(C)=O)=C(C)O)c(F)c1. The number of benzene rings is 1. The van der Waals surface area contributed by atoms with Gasteiger partial charge >= 0.3 is 0 Å². The number of azo groups is 1. The van der Waals surface area contributed by atoms with E-state index in [1.54, 1.807) is 0 Å². The minimum absolute atomic E-state index is 0.335. The van der Waals surface area contributed by atoms with E-state index in [1.165, 1.54) is 6.92 Å². The maximum absolute atomic E-state index is 13.7. The zero-order valence-electron chi connectivity index (χ0n) is 11.4. The Morgan fingerprint density at radius 2 is 2.00 bits per heavy atom. The van der Waals surface area contributed by atoms with Crippen molar-refractivity contribution >= 4 is 11.5 Å². The molecule has 0 spiro atoms. The fourth-order valence-corrected chi connectivity index (χ4v) is 1.41. The van der Waals surface area contributed by atoms with Crippen LogP contribution in [0, 0.1) is 5.82 Å². The van der Waals surface area contributed by atoms with Gasteiger partial charge in [-0.25, -0.2) is 4.39 Å². The molecule has 1 N–H and O–H groups in total. The Kier molecular flexibility index (Phi) is 5.02. The third-order valence-corrected chi connectivity index (χ3v) is 2.52. The van der Waals surface area contributed by atoms with E-state index in [0.717, 1.165) is 19.1 Å². The maximum atomic E-state index is 13.7. The van der Waals surface area contributed by atoms with E-state index in [9.17, 15) is 23.1 Å². The van der Waals surface area contributed by atoms with E-state index in [4.69, 9.17) is 0 Å². The van der Waals surface area contributed by atoms with E-state index in [-0.39, 0.29) is 17.1 Å². The van der Waals surface area contributed by atoms with Gasteiger partial charge in [0.25, 0.3) is 5.92 Å². The van der Waals surface area contributed by atoms with Gasteiger partial charge in [-0.1, -0.05) is 12.6 Å². The van der Waals surface area contributed by atoms with Crippen molar-refractivity contribution in [2.45, 2.75) is 19.8 Å². The van der Waals surface area contributed by atoms with Gasteiger partial charge in [0.2, 0.25) is 0 Å². The molecule has 0 atom stereocenters. The van der Waals surface area contributed by atoms with Crippen LogP contribution in [0.15, 0.2) is 52.5 Å². The summed E-state index contributed by atoms with van der Waals surface area (Å²) in [6.07, 6.45) is 0.397. The number of halogens is 3. The van der Waals surface area contributed by atoms with Crippen LogP contribution in [0.3, 0.4) is 0 Å². The first-order chi connectivity index (χ1) is 9.69. The van der Waals surface area contributed by atoms with Crippen LogP contribution in [0.25, 0.3) is 0 Å². The van der Waals surface area contributed by atoms with Gasteiger partial charge in [-0.15, -0.1) is 10.2 Å². The molecule has 21 heavy (non-hydrogen) atoms. The predicted molar refractivity (Wildman–Crippen MR) is 71.0 cm³/mol. The molecule has 0 saturated heterocycles. The molecule has 112 valence electrons. The minimum Gasteiger partial charge on any atom is -0.510 e. The van der Waals surface area contributed by atoms with Gasteiger partial charge in [0.05, 0.1) is 0 Å². The summed E-state index contributed by atoms with van der Waals surface area (Å²) < 4.78 is 40.3. The Morgan fingerprint density at radius 1 is 1.38 bits per heavy atom. The lowest BCUT2D eigenvalue weighted by Gasteiger charge is -2.11. The number of allylic oxidation sites excluding steroid dienone is 3. The third kappa shape index (κ3) is 4.01. The number of ketones is 1. The number of nitrogens with zero attached hydrogens (tertiary/aromatic N) is 2. The summed E-state index contributed by atoms with van der Waals surface area (Å²) in [7, 11) is 0. The number of aliphatic hydroxyl groups excluding tert-OH is 1. The molecule has 4 nitrogen and oxygen atoms in total. The number of Topliss-reactive ketones (excluding diaryl/α,β-unsaturated/α-hetero) is 1. The second kappa shape index (κ2) is 6.34. The molecule has 0 amide bonds. The molecule has 0 bridgehead atoms. The monoisotopic (exact) mass is 298 g/mol. The highest BCUT2D eigenvalue weighted by Crippen LogP contribution is 2.32. The number of hydrogen-bond donors (Lipinski definition) is 1. The standard InChI is InChI=1S/C14H13F3N2O2/c1-4-14(16,17)10-5-6-12(11(15)7-10)18-19-13(8(2)20)9(3)21/h4-7,20H,1H2,2-3H3. The average molecular weight is 298 g/mol. The zero-order chi connectivity index (χ0) is 16.2. The molecule has 0 aliphatic rings. The zero-order valence-corrected chi connectivity index (χ0v) is 11.4. The van der Waals surface area contributed by atoms with Crippen molar-refractivity contribution in [1.29, 1.82) is 0 Å². The van der Waals surface area contributed by atoms with E-state index in [0.29, 0.717) is 12.1 Å². The number of aliphatic hydroxyl groups is 1. The van der Waals surface area contributed by atoms with Crippen LogP contribution in [0.5, 0.6) is 0 Å². The van der Waals surface area contributed by atoms with Crippen molar-refractivity contribution in [3.63, 3.8) is 0 Å². The first-order valence-electron chi connectivity index (χ1n) is 5.83. The Morgan fingerprint density at radius 3 is 2.43 bits per heavy atom. The first kappa shape index (κ1) is 16.6. The highest BCUT2D eigenvalue weighted by atomic mass is 19.3. The summed E-state index contributed by atoms with van der Waals surface area (Å²) in [6, 6.07) is 2.58. The van der Waals surface area contributed by atoms with E-state index in [2.05, 4.69) is 16.8 Å². The number of carbonyl (C=O) groups is 1. The number of carbonyl (C=O) groups excluding carboxylic acids is 1. The molecule has 1 aromatic rings. The first-order valence-corrected chi connectivity index (χ1v) is 5.83. The van der Waals surface area contributed by atoms with Crippen molar-refractivity contribution < 1.29 is 23.1 Å². The smallest absolute Gasteiger partial charge is 0.291 e. The molecule has 0 unspecified atom stereocenters. The van der Waals surface area contributed by atoms with E-state index in [1.807, 2.05) is 0 Å². The van der Waals surface area contributed by atoms with Crippen LogP contribution in [0.1, 0.15) is 19.4 Å². The average Bonchev–Trinajstić information content (AvgIpc) is 2.39. The van der Waals surface area contributed by atoms with Crippen LogP contribution in [-0.2, 0) is 10.7 Å². The molecular formula is C14H13F3N2O2. The van der Waals surface area contributed by atoms with Crippen LogP contribution in [0.4, 0.5) is 18.9 Å². The normalized spacial score (nSPS) is 13.2. The summed E-state index contributed by atoms with van der Waals surface area (Å²) in [5.74, 6) is -5.32. The van der Waals surface area contributed by atoms with Gasteiger partial charge < -0.3 is 5.11 Å². The van der Waals surface area contributed by atoms with Gasteiger partial charge in [0.15, 0.2) is 17.3 Å². The lowest BCUT2D eigenvalue weighted by atomic mass is 10.1. The molecule has 1 aromatic carbocycles. The topological polar surface area (TPSA) is 62.0 Å². The Bertz CT molecular complexity index is 633. The number of hydrogen-bond acceptors (Lipinski definition) is 4. The molecule has 0 aliphatic carbocycles. The summed E-state index contributed by atoms with van der Waals surface area (Å²) in [5, 5.41) is 16.1. The van der Waals surface area contributed by atoms with Gasteiger partial charge in [-0.3, -0.25) is 4.79 Å². The van der Waals surface area contributed by atoms with Crippen molar-refractivity contribution in [1.82, 2.24) is 0 Å².